The minimum atomic E-state index is -5.98. The number of halogens is 8. The van der Waals surface area contributed by atoms with E-state index in [1.807, 2.05) is 0 Å². The van der Waals surface area contributed by atoms with Gasteiger partial charge in [0.05, 0.1) is 0 Å². The molecule has 0 aliphatic rings. The van der Waals surface area contributed by atoms with E-state index in [4.69, 9.17) is 5.11 Å². The van der Waals surface area contributed by atoms with Gasteiger partial charge in [-0.2, -0.15) is 26.3 Å². The largest absolute Gasteiger partial charge is 0.431 e. The Kier molecular flexibility index (Phi) is 6.65. The maximum Gasteiger partial charge on any atom is 0.431 e. The van der Waals surface area contributed by atoms with Gasteiger partial charge < -0.3 is 5.11 Å². The van der Waals surface area contributed by atoms with Crippen molar-refractivity contribution in [2.45, 2.75) is 47.6 Å². The normalized spacial score (nSPS) is 15.8. The van der Waals surface area contributed by atoms with Crippen molar-refractivity contribution in [3.63, 3.8) is 0 Å². The summed E-state index contributed by atoms with van der Waals surface area (Å²) in [4.78, 5) is 0. The third-order valence-corrected chi connectivity index (χ3v) is 3.39. The zero-order valence-corrected chi connectivity index (χ0v) is 11.2. The Morgan fingerprint density at radius 1 is 0.889 bits per heavy atom. The average Bonchev–Trinajstić information content (AvgIpc) is 2.14. The first kappa shape index (κ1) is 18.2. The van der Waals surface area contributed by atoms with Crippen LogP contribution in [0.25, 0.3) is 0 Å². The lowest BCUT2D eigenvalue weighted by molar-refractivity contribution is -0.342. The first-order chi connectivity index (χ1) is 7.95. The van der Waals surface area contributed by atoms with Gasteiger partial charge in [-0.05, 0) is 12.8 Å². The number of rotatable bonds is 6. The number of unbranched alkanes of at least 4 members (excludes halogenated alkanes) is 1. The van der Waals surface area contributed by atoms with Gasteiger partial charge in [-0.1, -0.05) is 29.0 Å². The van der Waals surface area contributed by atoms with Crippen LogP contribution in [0.2, 0.25) is 0 Å². The summed E-state index contributed by atoms with van der Waals surface area (Å²) in [7, 11) is 0. The Morgan fingerprint density at radius 2 is 1.33 bits per heavy atom. The van der Waals surface area contributed by atoms with E-state index in [1.54, 1.807) is 0 Å². The highest BCUT2D eigenvalue weighted by Gasteiger charge is 2.72. The molecule has 0 bridgehead atoms. The molecule has 0 aromatic carbocycles. The van der Waals surface area contributed by atoms with Crippen LogP contribution >= 0.6 is 22.6 Å². The third kappa shape index (κ3) is 4.71. The molecule has 110 valence electrons. The fourth-order valence-electron chi connectivity index (χ4n) is 1.28. The molecule has 0 heterocycles. The lowest BCUT2D eigenvalue weighted by Gasteiger charge is -2.31. The Bertz CT molecular complexity index is 236. The molecule has 0 saturated heterocycles. The average molecular weight is 396 g/mol. The molecule has 9 heteroatoms. The lowest BCUT2D eigenvalue weighted by Crippen LogP contribution is -2.54. The fraction of sp³-hybridized carbons (Fsp3) is 1.00. The molecule has 0 aliphatic carbocycles. The van der Waals surface area contributed by atoms with Crippen molar-refractivity contribution in [2.75, 3.05) is 6.61 Å². The van der Waals surface area contributed by atoms with Gasteiger partial charge in [0, 0.05) is 17.0 Å². The van der Waals surface area contributed by atoms with E-state index in [-0.39, 0.29) is 25.9 Å². The molecule has 18 heavy (non-hydrogen) atoms. The summed E-state index contributed by atoms with van der Waals surface area (Å²) >= 11 is 1.36. The van der Waals surface area contributed by atoms with E-state index in [1.165, 1.54) is 22.6 Å². The van der Waals surface area contributed by atoms with Crippen LogP contribution in [-0.4, -0.2) is 33.7 Å². The van der Waals surface area contributed by atoms with Crippen LogP contribution in [0.1, 0.15) is 25.7 Å². The van der Waals surface area contributed by atoms with Crippen molar-refractivity contribution < 1.29 is 35.8 Å². The molecule has 0 aromatic rings. The van der Waals surface area contributed by atoms with Gasteiger partial charge in [0.1, 0.15) is 0 Å². The Labute approximate surface area is 113 Å². The molecule has 0 aromatic heterocycles. The standard InChI is InChI=1S/C9H12F7IO/c10-7(8(11,12)13,9(14,15)16)5-6(17)3-1-2-4-18/h6,18H,1-5H2. The minimum absolute atomic E-state index is 0.0149. The smallest absolute Gasteiger partial charge is 0.396 e. The topological polar surface area (TPSA) is 20.2 Å². The summed E-state index contributed by atoms with van der Waals surface area (Å²) in [6.07, 6.45) is -13.1. The SMILES string of the molecule is OCCCCC(I)CC(F)(C(F)(F)F)C(F)(F)F. The minimum Gasteiger partial charge on any atom is -0.396 e. The van der Waals surface area contributed by atoms with Crippen LogP contribution in [0.15, 0.2) is 0 Å². The highest BCUT2D eigenvalue weighted by molar-refractivity contribution is 14.1. The monoisotopic (exact) mass is 396 g/mol. The highest BCUT2D eigenvalue weighted by Crippen LogP contribution is 2.50. The van der Waals surface area contributed by atoms with Gasteiger partial charge in [0.2, 0.25) is 0 Å². The summed E-state index contributed by atoms with van der Waals surface area (Å²) in [5, 5.41) is 8.43. The Balaban J connectivity index is 4.73. The zero-order chi connectivity index (χ0) is 14.6. The van der Waals surface area contributed by atoms with Gasteiger partial charge >= 0.3 is 12.4 Å². The molecule has 1 N–H and O–H groups in total. The maximum atomic E-state index is 13.3. The fourth-order valence-corrected chi connectivity index (χ4v) is 2.32. The summed E-state index contributed by atoms with van der Waals surface area (Å²) in [6, 6.07) is 0. The molecule has 0 saturated carbocycles. The number of hydrogen-bond donors (Lipinski definition) is 1. The number of hydrogen-bond acceptors (Lipinski definition) is 1. The number of aliphatic hydroxyl groups is 1. The van der Waals surface area contributed by atoms with Crippen molar-refractivity contribution >= 4 is 22.6 Å². The van der Waals surface area contributed by atoms with E-state index in [9.17, 15) is 30.7 Å². The molecule has 0 amide bonds. The molecule has 1 nitrogen and oxygen atoms in total. The van der Waals surface area contributed by atoms with Crippen molar-refractivity contribution in [2.24, 2.45) is 0 Å². The van der Waals surface area contributed by atoms with Crippen LogP contribution in [0.5, 0.6) is 0 Å². The Morgan fingerprint density at radius 3 is 1.67 bits per heavy atom. The van der Waals surface area contributed by atoms with Crippen LogP contribution < -0.4 is 0 Å². The van der Waals surface area contributed by atoms with E-state index < -0.39 is 28.4 Å². The van der Waals surface area contributed by atoms with Gasteiger partial charge in [0.15, 0.2) is 0 Å². The second-order valence-corrected chi connectivity index (χ2v) is 5.58. The second kappa shape index (κ2) is 6.58. The predicted octanol–water partition coefficient (Wildman–Crippen LogP) is 4.18. The predicted molar refractivity (Wildman–Crippen MR) is 59.3 cm³/mol. The van der Waals surface area contributed by atoms with Crippen molar-refractivity contribution in [1.82, 2.24) is 0 Å². The van der Waals surface area contributed by atoms with E-state index in [0.29, 0.717) is 0 Å². The summed E-state index contributed by atoms with van der Waals surface area (Å²) in [6.45, 7) is -0.206. The first-order valence-electron chi connectivity index (χ1n) is 5.03. The molecule has 1 unspecified atom stereocenters. The molecule has 0 radical (unpaired) electrons. The summed E-state index contributed by atoms with van der Waals surface area (Å²) < 4.78 is 85.4. The van der Waals surface area contributed by atoms with Crippen LogP contribution in [0.4, 0.5) is 30.7 Å². The lowest BCUT2D eigenvalue weighted by atomic mass is 9.96. The third-order valence-electron chi connectivity index (χ3n) is 2.33. The molecular formula is C9H12F7IO. The van der Waals surface area contributed by atoms with Crippen molar-refractivity contribution in [3.05, 3.63) is 0 Å². The van der Waals surface area contributed by atoms with Crippen LogP contribution in [-0.2, 0) is 0 Å². The van der Waals surface area contributed by atoms with Gasteiger partial charge in [-0.15, -0.1) is 0 Å². The van der Waals surface area contributed by atoms with Gasteiger partial charge in [0.25, 0.3) is 5.67 Å². The van der Waals surface area contributed by atoms with E-state index in [0.717, 1.165) is 0 Å². The Hall–Kier alpha value is 0.200. The van der Waals surface area contributed by atoms with Crippen molar-refractivity contribution in [3.8, 4) is 0 Å². The van der Waals surface area contributed by atoms with Crippen LogP contribution in [0, 0.1) is 0 Å². The quantitative estimate of drug-likeness (QED) is 0.309. The molecule has 0 aliphatic heterocycles. The zero-order valence-electron chi connectivity index (χ0n) is 9.08. The van der Waals surface area contributed by atoms with Crippen molar-refractivity contribution in [1.29, 1.82) is 0 Å². The second-order valence-electron chi connectivity index (χ2n) is 3.82. The van der Waals surface area contributed by atoms with Gasteiger partial charge in [-0.3, -0.25) is 0 Å². The number of aliphatic hydroxyl groups excluding tert-OH is 1. The maximum absolute atomic E-state index is 13.3. The summed E-state index contributed by atoms with van der Waals surface area (Å²) in [5.74, 6) is 0. The molecule has 0 rings (SSSR count). The van der Waals surface area contributed by atoms with E-state index in [2.05, 4.69) is 0 Å². The molecule has 1 atom stereocenters. The van der Waals surface area contributed by atoms with E-state index >= 15 is 0 Å². The number of alkyl halides is 8. The van der Waals surface area contributed by atoms with Crippen LogP contribution in [0.3, 0.4) is 0 Å². The molecule has 0 fully saturated rings. The van der Waals surface area contributed by atoms with Gasteiger partial charge in [-0.25, -0.2) is 4.39 Å². The summed E-state index contributed by atoms with van der Waals surface area (Å²) in [5.41, 5.74) is -5.18. The highest BCUT2D eigenvalue weighted by atomic mass is 127. The molecular weight excluding hydrogens is 384 g/mol. The molecule has 0 spiro atoms. The first-order valence-corrected chi connectivity index (χ1v) is 6.27.